The van der Waals surface area contributed by atoms with Gasteiger partial charge in [-0.1, -0.05) is 91.0 Å². The zero-order chi connectivity index (χ0) is 32.2. The normalized spacial score (nSPS) is 16.2. The molecule has 0 unspecified atom stereocenters. The van der Waals surface area contributed by atoms with E-state index < -0.39 is 49.3 Å². The summed E-state index contributed by atoms with van der Waals surface area (Å²) in [5.41, 5.74) is 2.32. The van der Waals surface area contributed by atoms with Crippen LogP contribution in [-0.2, 0) is 30.2 Å². The quantitative estimate of drug-likeness (QED) is 0.152. The predicted molar refractivity (Wildman–Crippen MR) is 168 cm³/mol. The molecule has 0 aromatic heterocycles. The SMILES string of the molecule is COCCC[C@@H](NC(=O)[C@@H]1CCCN1C(=O)[C@H](NC(=O)OCc1ccccc1)C(c1ccccc1)c1ccccc1)P(=O)(O)O. The molecule has 1 aliphatic rings. The highest BCUT2D eigenvalue weighted by Crippen LogP contribution is 2.42. The Balaban J connectivity index is 1.63. The second-order valence-corrected chi connectivity index (χ2v) is 12.7. The first kappa shape index (κ1) is 33.9. The summed E-state index contributed by atoms with van der Waals surface area (Å²) >= 11 is 0. The minimum absolute atomic E-state index is 0.00347. The van der Waals surface area contributed by atoms with Crippen LogP contribution in [0.5, 0.6) is 0 Å². The smallest absolute Gasteiger partial charge is 0.408 e. The van der Waals surface area contributed by atoms with Gasteiger partial charge >= 0.3 is 13.7 Å². The molecule has 3 atom stereocenters. The van der Waals surface area contributed by atoms with Crippen molar-refractivity contribution in [2.45, 2.75) is 56.1 Å². The fourth-order valence-electron chi connectivity index (χ4n) is 5.57. The second-order valence-electron chi connectivity index (χ2n) is 10.9. The topological polar surface area (TPSA) is 154 Å². The molecule has 3 aromatic rings. The molecule has 0 spiro atoms. The first-order valence-electron chi connectivity index (χ1n) is 14.9. The van der Waals surface area contributed by atoms with Gasteiger partial charge in [-0.2, -0.15) is 0 Å². The number of alkyl carbamates (subject to hydrolysis) is 1. The Morgan fingerprint density at radius 1 is 0.911 bits per heavy atom. The molecular weight excluding hydrogens is 597 g/mol. The third-order valence-corrected chi connectivity index (χ3v) is 8.98. The Kier molecular flexibility index (Phi) is 12.3. The molecule has 4 N–H and O–H groups in total. The van der Waals surface area contributed by atoms with Gasteiger partial charge in [0.25, 0.3) is 0 Å². The third kappa shape index (κ3) is 9.48. The van der Waals surface area contributed by atoms with E-state index in [9.17, 15) is 28.7 Å². The van der Waals surface area contributed by atoms with Gasteiger partial charge in [-0.25, -0.2) is 4.79 Å². The van der Waals surface area contributed by atoms with Gasteiger partial charge < -0.3 is 34.8 Å². The number of ether oxygens (including phenoxy) is 2. The lowest BCUT2D eigenvalue weighted by Crippen LogP contribution is -2.56. The van der Waals surface area contributed by atoms with Crippen LogP contribution in [-0.4, -0.2) is 70.7 Å². The number of nitrogens with zero attached hydrogens (tertiary/aromatic N) is 1. The summed E-state index contributed by atoms with van der Waals surface area (Å²) < 4.78 is 22.7. The van der Waals surface area contributed by atoms with Crippen LogP contribution in [0.4, 0.5) is 4.79 Å². The maximum atomic E-state index is 14.5. The molecule has 0 saturated carbocycles. The summed E-state index contributed by atoms with van der Waals surface area (Å²) in [5.74, 6) is -3.21. The van der Waals surface area contributed by atoms with Gasteiger partial charge in [0.05, 0.1) is 0 Å². The van der Waals surface area contributed by atoms with E-state index in [1.54, 1.807) is 0 Å². The summed E-state index contributed by atoms with van der Waals surface area (Å²) in [6, 6.07) is 25.6. The molecule has 4 rings (SSSR count). The summed E-state index contributed by atoms with van der Waals surface area (Å²) in [7, 11) is -3.21. The monoisotopic (exact) mass is 637 g/mol. The molecule has 11 nitrogen and oxygen atoms in total. The molecule has 0 bridgehead atoms. The lowest BCUT2D eigenvalue weighted by molar-refractivity contribution is -0.140. The first-order valence-corrected chi connectivity index (χ1v) is 16.6. The zero-order valence-electron chi connectivity index (χ0n) is 25.2. The number of amides is 3. The zero-order valence-corrected chi connectivity index (χ0v) is 26.1. The predicted octanol–water partition coefficient (Wildman–Crippen LogP) is 4.15. The van der Waals surface area contributed by atoms with Crippen LogP contribution >= 0.6 is 7.60 Å². The lowest BCUT2D eigenvalue weighted by Gasteiger charge is -2.34. The van der Waals surface area contributed by atoms with E-state index in [2.05, 4.69) is 10.6 Å². The highest BCUT2D eigenvalue weighted by molar-refractivity contribution is 7.52. The number of benzene rings is 3. The van der Waals surface area contributed by atoms with E-state index in [-0.39, 0.29) is 26.2 Å². The van der Waals surface area contributed by atoms with Crippen molar-refractivity contribution >= 4 is 25.5 Å². The Labute approximate surface area is 263 Å². The minimum Gasteiger partial charge on any atom is -0.445 e. The molecular formula is C33H40N3O8P. The Bertz CT molecular complexity index is 1400. The van der Waals surface area contributed by atoms with Gasteiger partial charge in [0.2, 0.25) is 11.8 Å². The highest BCUT2D eigenvalue weighted by atomic mass is 31.2. The maximum Gasteiger partial charge on any atom is 0.408 e. The molecule has 1 saturated heterocycles. The van der Waals surface area contributed by atoms with Crippen molar-refractivity contribution < 1.29 is 38.2 Å². The van der Waals surface area contributed by atoms with E-state index in [0.717, 1.165) is 16.7 Å². The van der Waals surface area contributed by atoms with Crippen LogP contribution in [0, 0.1) is 0 Å². The molecule has 1 heterocycles. The highest BCUT2D eigenvalue weighted by Gasteiger charge is 2.43. The molecule has 3 amide bonds. The van der Waals surface area contributed by atoms with Gasteiger partial charge in [-0.3, -0.25) is 14.2 Å². The molecule has 1 aliphatic heterocycles. The van der Waals surface area contributed by atoms with E-state index >= 15 is 0 Å². The van der Waals surface area contributed by atoms with Gasteiger partial charge in [-0.15, -0.1) is 0 Å². The van der Waals surface area contributed by atoms with Gasteiger partial charge in [0.1, 0.15) is 24.5 Å². The van der Waals surface area contributed by atoms with E-state index in [1.807, 2.05) is 91.0 Å². The number of methoxy groups -OCH3 is 1. The number of hydrogen-bond donors (Lipinski definition) is 4. The Morgan fingerprint density at radius 2 is 1.49 bits per heavy atom. The summed E-state index contributed by atoms with van der Waals surface area (Å²) in [6.45, 7) is 0.500. The number of rotatable bonds is 14. The van der Waals surface area contributed by atoms with Gasteiger partial charge in [0.15, 0.2) is 0 Å². The number of nitrogens with one attached hydrogen (secondary N) is 2. The van der Waals surface area contributed by atoms with Crippen LogP contribution in [0.1, 0.15) is 48.3 Å². The summed E-state index contributed by atoms with van der Waals surface area (Å²) in [4.78, 5) is 62.4. The van der Waals surface area contributed by atoms with Crippen molar-refractivity contribution in [3.63, 3.8) is 0 Å². The number of likely N-dealkylation sites (tertiary alicyclic amines) is 1. The average molecular weight is 638 g/mol. The van der Waals surface area contributed by atoms with Crippen molar-refractivity contribution in [1.82, 2.24) is 15.5 Å². The van der Waals surface area contributed by atoms with Gasteiger partial charge in [-0.05, 0) is 42.4 Å². The molecule has 12 heteroatoms. The van der Waals surface area contributed by atoms with E-state index in [4.69, 9.17) is 9.47 Å². The van der Waals surface area contributed by atoms with Crippen LogP contribution in [0.15, 0.2) is 91.0 Å². The van der Waals surface area contributed by atoms with Crippen molar-refractivity contribution in [2.75, 3.05) is 20.3 Å². The Hall–Kier alpha value is -4.02. The third-order valence-electron chi connectivity index (χ3n) is 7.78. The molecule has 0 radical (unpaired) electrons. The molecule has 240 valence electrons. The van der Waals surface area contributed by atoms with E-state index in [0.29, 0.717) is 19.3 Å². The molecule has 1 fully saturated rings. The minimum atomic E-state index is -4.69. The second kappa shape index (κ2) is 16.3. The molecule has 45 heavy (non-hydrogen) atoms. The first-order chi connectivity index (χ1) is 21.7. The van der Waals surface area contributed by atoms with Crippen molar-refractivity contribution in [3.8, 4) is 0 Å². The lowest BCUT2D eigenvalue weighted by atomic mass is 9.84. The average Bonchev–Trinajstić information content (AvgIpc) is 3.54. The largest absolute Gasteiger partial charge is 0.445 e. The standard InChI is InChI=1S/C33H40N3O8P/c1-43-22-12-20-28(45(40,41)42)34-31(37)27-19-11-21-36(27)32(38)30(35-33(39)44-23-24-13-5-2-6-14-24)29(25-15-7-3-8-16-25)26-17-9-4-10-18-26/h2-10,13-18,27-30H,11-12,19-23H2,1H3,(H,34,37)(H,35,39)(H2,40,41,42)/t27-,28-,30+/m0/s1. The summed E-state index contributed by atoms with van der Waals surface area (Å²) in [5, 5.41) is 5.29. The van der Waals surface area contributed by atoms with E-state index in [1.165, 1.54) is 12.0 Å². The van der Waals surface area contributed by atoms with Crippen LogP contribution < -0.4 is 10.6 Å². The van der Waals surface area contributed by atoms with Crippen LogP contribution in [0.3, 0.4) is 0 Å². The fraction of sp³-hybridized carbons (Fsp3) is 0.364. The van der Waals surface area contributed by atoms with Crippen LogP contribution in [0.25, 0.3) is 0 Å². The maximum absolute atomic E-state index is 14.5. The Morgan fingerprint density at radius 3 is 2.04 bits per heavy atom. The fourth-order valence-corrected chi connectivity index (χ4v) is 6.38. The number of hydrogen-bond acceptors (Lipinski definition) is 6. The number of carbonyl (C=O) groups is 3. The van der Waals surface area contributed by atoms with Crippen molar-refractivity contribution in [2.24, 2.45) is 0 Å². The van der Waals surface area contributed by atoms with Gasteiger partial charge in [0, 0.05) is 26.2 Å². The molecule has 0 aliphatic carbocycles. The number of carbonyl (C=O) groups excluding carboxylic acids is 3. The van der Waals surface area contributed by atoms with Crippen molar-refractivity contribution in [1.29, 1.82) is 0 Å². The summed E-state index contributed by atoms with van der Waals surface area (Å²) in [6.07, 6.45) is 0.337. The molecule has 3 aromatic carbocycles. The van der Waals surface area contributed by atoms with Crippen LogP contribution in [0.2, 0.25) is 0 Å². The van der Waals surface area contributed by atoms with Crippen molar-refractivity contribution in [3.05, 3.63) is 108 Å².